The van der Waals surface area contributed by atoms with Gasteiger partial charge in [-0.3, -0.25) is 0 Å². The molecule has 0 aromatic heterocycles. The van der Waals surface area contributed by atoms with Crippen molar-refractivity contribution in [3.63, 3.8) is 0 Å². The summed E-state index contributed by atoms with van der Waals surface area (Å²) in [6, 6.07) is 51.6. The smallest absolute Gasteiger partial charge is 0.178 e. The summed E-state index contributed by atoms with van der Waals surface area (Å²) in [5, 5.41) is 12.1. The van der Waals surface area contributed by atoms with E-state index < -0.39 is 5.60 Å². The highest BCUT2D eigenvalue weighted by atomic mass is 16.5. The maximum absolute atomic E-state index is 9.90. The van der Waals surface area contributed by atoms with Gasteiger partial charge >= 0.3 is 0 Å². The van der Waals surface area contributed by atoms with E-state index in [1.165, 1.54) is 39.0 Å². The number of hydrogen-bond acceptors (Lipinski definition) is 7. The van der Waals surface area contributed by atoms with Crippen LogP contribution in [-0.4, -0.2) is 64.6 Å². The van der Waals surface area contributed by atoms with Gasteiger partial charge in [0.2, 0.25) is 0 Å². The SMILES string of the molecule is COc1cc2c3c(c4c(c2cc1N1CCN(c2ccc(O)cc2)CC1)-c1ccccc1C4(C)C)C=CC(c1ccccc1)(c1ccc(N2CCN(c4ccccc4)CC2)cc1)O3. The molecular weight excluding hydrogens is 765 g/mol. The van der Waals surface area contributed by atoms with Gasteiger partial charge in [-0.05, 0) is 94.4 Å². The second-order valence-electron chi connectivity index (χ2n) is 17.6. The van der Waals surface area contributed by atoms with E-state index >= 15 is 0 Å². The summed E-state index contributed by atoms with van der Waals surface area (Å²) >= 11 is 0. The number of phenols is 1. The molecule has 2 fully saturated rings. The predicted octanol–water partition coefficient (Wildman–Crippen LogP) is 10.9. The fourth-order valence-electron chi connectivity index (χ4n) is 10.7. The van der Waals surface area contributed by atoms with Crippen LogP contribution in [0.1, 0.15) is 41.7 Å². The van der Waals surface area contributed by atoms with Crippen molar-refractivity contribution in [1.82, 2.24) is 0 Å². The number of benzene rings is 7. The van der Waals surface area contributed by atoms with E-state index in [2.05, 4.69) is 167 Å². The lowest BCUT2D eigenvalue weighted by molar-refractivity contribution is 0.163. The number of methoxy groups -OCH3 is 1. The Balaban J connectivity index is 1.01. The van der Waals surface area contributed by atoms with Crippen LogP contribution in [0.15, 0.2) is 152 Å². The number of nitrogens with zero attached hydrogens (tertiary/aromatic N) is 4. The predicted molar refractivity (Wildman–Crippen MR) is 255 cm³/mol. The van der Waals surface area contributed by atoms with Crippen LogP contribution in [0, 0.1) is 0 Å². The number of phenolic OH excluding ortho intramolecular Hbond substituents is 1. The Morgan fingerprint density at radius 3 is 1.73 bits per heavy atom. The van der Waals surface area contributed by atoms with Crippen LogP contribution in [0.2, 0.25) is 0 Å². The molecule has 0 bridgehead atoms. The first-order valence-corrected chi connectivity index (χ1v) is 22.0. The Bertz CT molecular complexity index is 2810. The molecule has 310 valence electrons. The monoisotopic (exact) mass is 816 g/mol. The van der Waals surface area contributed by atoms with E-state index in [9.17, 15) is 5.11 Å². The van der Waals surface area contributed by atoms with Crippen molar-refractivity contribution < 1.29 is 14.6 Å². The summed E-state index contributed by atoms with van der Waals surface area (Å²) in [6.45, 7) is 12.0. The molecule has 7 aromatic rings. The van der Waals surface area contributed by atoms with E-state index in [0.29, 0.717) is 0 Å². The third-order valence-electron chi connectivity index (χ3n) is 13.9. The second kappa shape index (κ2) is 14.9. The van der Waals surface area contributed by atoms with E-state index in [4.69, 9.17) is 9.47 Å². The van der Waals surface area contributed by atoms with Gasteiger partial charge in [-0.2, -0.15) is 0 Å². The number of hydrogen-bond donors (Lipinski definition) is 1. The van der Waals surface area contributed by atoms with Gasteiger partial charge in [-0.15, -0.1) is 0 Å². The van der Waals surface area contributed by atoms with E-state index in [1.54, 1.807) is 19.2 Å². The molecule has 4 aliphatic rings. The summed E-state index contributed by atoms with van der Waals surface area (Å²) in [7, 11) is 1.79. The number of anilines is 4. The highest BCUT2D eigenvalue weighted by Gasteiger charge is 2.44. The van der Waals surface area contributed by atoms with Gasteiger partial charge in [-0.25, -0.2) is 0 Å². The van der Waals surface area contributed by atoms with Crippen molar-refractivity contribution in [2.75, 3.05) is 79.1 Å². The molecule has 1 unspecified atom stereocenters. The third-order valence-corrected chi connectivity index (χ3v) is 13.9. The van der Waals surface area contributed by atoms with Crippen molar-refractivity contribution in [3.8, 4) is 28.4 Å². The Kier molecular flexibility index (Phi) is 9.18. The zero-order valence-corrected chi connectivity index (χ0v) is 35.7. The van der Waals surface area contributed by atoms with Crippen LogP contribution in [0.5, 0.6) is 17.2 Å². The Morgan fingerprint density at radius 2 is 1.10 bits per heavy atom. The fourth-order valence-corrected chi connectivity index (χ4v) is 10.7. The second-order valence-corrected chi connectivity index (χ2v) is 17.6. The maximum Gasteiger partial charge on any atom is 0.178 e. The van der Waals surface area contributed by atoms with Crippen molar-refractivity contribution in [3.05, 3.63) is 179 Å². The molecule has 3 heterocycles. The van der Waals surface area contributed by atoms with Crippen LogP contribution in [-0.2, 0) is 11.0 Å². The van der Waals surface area contributed by atoms with Gasteiger partial charge in [0.05, 0.1) is 12.8 Å². The van der Waals surface area contributed by atoms with Gasteiger partial charge in [0.15, 0.2) is 5.60 Å². The Hall–Kier alpha value is -6.86. The molecule has 11 rings (SSSR count). The summed E-state index contributed by atoms with van der Waals surface area (Å²) in [5.74, 6) is 2.01. The number of ether oxygens (including phenoxy) is 2. The third kappa shape index (κ3) is 6.16. The fraction of sp³-hybridized carbons (Fsp3) is 0.236. The molecule has 62 heavy (non-hydrogen) atoms. The van der Waals surface area contributed by atoms with E-state index in [-0.39, 0.29) is 11.2 Å². The average Bonchev–Trinajstić information content (AvgIpc) is 3.58. The van der Waals surface area contributed by atoms with Gasteiger partial charge in [0.1, 0.15) is 17.2 Å². The highest BCUT2D eigenvalue weighted by Crippen LogP contribution is 2.59. The lowest BCUT2D eigenvalue weighted by atomic mass is 9.76. The Morgan fingerprint density at radius 1 is 0.565 bits per heavy atom. The molecule has 2 saturated heterocycles. The molecule has 1 atom stereocenters. The van der Waals surface area contributed by atoms with E-state index in [1.807, 2.05) is 12.1 Å². The first kappa shape index (κ1) is 38.1. The number of rotatable bonds is 7. The minimum absolute atomic E-state index is 0.257. The number of aromatic hydroxyl groups is 1. The largest absolute Gasteiger partial charge is 0.508 e. The van der Waals surface area contributed by atoms with Gasteiger partial charge in [0.25, 0.3) is 0 Å². The molecule has 0 spiro atoms. The zero-order valence-electron chi connectivity index (χ0n) is 35.7. The van der Waals surface area contributed by atoms with Crippen LogP contribution >= 0.6 is 0 Å². The molecule has 7 aromatic carbocycles. The molecule has 0 saturated carbocycles. The molecule has 1 aliphatic carbocycles. The molecular formula is C55H52N4O3. The Labute approximate surface area is 364 Å². The summed E-state index contributed by atoms with van der Waals surface area (Å²) < 4.78 is 14.0. The van der Waals surface area contributed by atoms with Crippen LogP contribution in [0.4, 0.5) is 22.7 Å². The topological polar surface area (TPSA) is 51.7 Å². The molecule has 0 radical (unpaired) electrons. The summed E-state index contributed by atoms with van der Waals surface area (Å²) in [6.07, 6.45) is 4.64. The molecule has 7 heteroatoms. The van der Waals surface area contributed by atoms with Crippen LogP contribution in [0.25, 0.3) is 28.0 Å². The lowest BCUT2D eigenvalue weighted by Gasteiger charge is -2.40. The molecule has 0 amide bonds. The van der Waals surface area contributed by atoms with Crippen LogP contribution in [0.3, 0.4) is 0 Å². The minimum Gasteiger partial charge on any atom is -0.508 e. The van der Waals surface area contributed by atoms with Crippen molar-refractivity contribution in [2.45, 2.75) is 24.9 Å². The maximum atomic E-state index is 9.90. The standard InChI is InChI=1S/C55H52N4O3/c1-54(2)48-17-11-10-16-44(48)51-46-36-49(59-34-32-58(33-35-59)42-22-24-43(60)25-23-42)50(61-3)37-47(46)53-45(52(51)54)26-27-55(62-53,38-12-6-4-7-13-38)39-18-20-41(21-19-39)57-30-28-56(29-31-57)40-14-8-5-9-15-40/h4-27,36-37,60H,28-35H2,1-3H3. The van der Waals surface area contributed by atoms with Gasteiger partial charge in [0, 0.05) is 96.9 Å². The first-order chi connectivity index (χ1) is 30.3. The zero-order chi connectivity index (χ0) is 42.0. The lowest BCUT2D eigenvalue weighted by Crippen LogP contribution is -2.46. The highest BCUT2D eigenvalue weighted by molar-refractivity contribution is 6.10. The molecule has 1 N–H and O–H groups in total. The minimum atomic E-state index is -0.869. The van der Waals surface area contributed by atoms with Gasteiger partial charge in [-0.1, -0.05) is 105 Å². The molecule has 7 nitrogen and oxygen atoms in total. The quantitative estimate of drug-likeness (QED) is 0.172. The number of para-hydroxylation sites is 1. The first-order valence-electron chi connectivity index (χ1n) is 22.0. The van der Waals surface area contributed by atoms with E-state index in [0.717, 1.165) is 97.3 Å². The van der Waals surface area contributed by atoms with Gasteiger partial charge < -0.3 is 34.2 Å². The van der Waals surface area contributed by atoms with Crippen molar-refractivity contribution in [2.24, 2.45) is 0 Å². The van der Waals surface area contributed by atoms with Crippen LogP contribution < -0.4 is 29.1 Å². The summed E-state index contributed by atoms with van der Waals surface area (Å²) in [5.41, 5.74) is 12.1. The molecule has 3 aliphatic heterocycles. The average molecular weight is 817 g/mol. The van der Waals surface area contributed by atoms with Crippen molar-refractivity contribution in [1.29, 1.82) is 0 Å². The normalized spacial score (nSPS) is 18.9. The number of fused-ring (bicyclic) bond motifs is 8. The van der Waals surface area contributed by atoms with Crippen molar-refractivity contribution >= 4 is 39.6 Å². The summed E-state index contributed by atoms with van der Waals surface area (Å²) in [4.78, 5) is 9.83. The number of piperazine rings is 2.